The first-order valence-corrected chi connectivity index (χ1v) is 18.7. The molecule has 4 aliphatic rings. The summed E-state index contributed by atoms with van der Waals surface area (Å²) in [6, 6.07) is 11.2. The molecule has 0 radical (unpaired) electrons. The third-order valence-corrected chi connectivity index (χ3v) is 10.1. The van der Waals surface area contributed by atoms with E-state index in [2.05, 4.69) is 6.58 Å². The highest BCUT2D eigenvalue weighted by Gasteiger charge is 2.55. The van der Waals surface area contributed by atoms with E-state index < -0.39 is 140 Å². The van der Waals surface area contributed by atoms with Crippen molar-refractivity contribution in [3.05, 3.63) is 84.1 Å². The first-order chi connectivity index (χ1) is 28.7. The van der Waals surface area contributed by atoms with Crippen molar-refractivity contribution in [3.63, 3.8) is 0 Å². The molecule has 2 aromatic rings. The van der Waals surface area contributed by atoms with Crippen LogP contribution in [0.25, 0.3) is 0 Å². The van der Waals surface area contributed by atoms with Crippen molar-refractivity contribution in [3.8, 4) is 11.5 Å². The average Bonchev–Trinajstić information content (AvgIpc) is 3.23. The molecule has 20 nitrogen and oxygen atoms in total. The molecule has 4 aliphatic heterocycles. The Morgan fingerprint density at radius 2 is 1.53 bits per heavy atom. The van der Waals surface area contributed by atoms with Gasteiger partial charge in [-0.1, -0.05) is 30.3 Å². The van der Waals surface area contributed by atoms with E-state index in [0.717, 1.165) is 19.9 Å². The number of phenolic OH excluding ortho intramolecular Hbond substituents is 1. The lowest BCUT2D eigenvalue weighted by atomic mass is 9.81. The molecular weight excluding hydrogens is 800 g/mol. The minimum absolute atomic E-state index is 0.0562. The maximum Gasteiger partial charge on any atom is 0.342 e. The fraction of sp³-hybridized carbons (Fsp3) is 0.475. The van der Waals surface area contributed by atoms with E-state index in [0.29, 0.717) is 6.42 Å². The summed E-state index contributed by atoms with van der Waals surface area (Å²) in [5.41, 5.74) is -0.272. The second-order valence-electron chi connectivity index (χ2n) is 14.1. The molecule has 324 valence electrons. The van der Waals surface area contributed by atoms with E-state index in [1.165, 1.54) is 36.6 Å². The number of benzene rings is 2. The van der Waals surface area contributed by atoms with Crippen molar-refractivity contribution in [1.82, 2.24) is 0 Å². The molecule has 0 amide bonds. The Morgan fingerprint density at radius 3 is 2.22 bits per heavy atom. The summed E-state index contributed by atoms with van der Waals surface area (Å²) < 4.78 is 57.1. The van der Waals surface area contributed by atoms with Gasteiger partial charge in [0, 0.05) is 25.7 Å². The maximum atomic E-state index is 14.0. The number of hydrogen-bond acceptors (Lipinski definition) is 20. The van der Waals surface area contributed by atoms with Crippen molar-refractivity contribution in [2.45, 2.75) is 88.0 Å². The van der Waals surface area contributed by atoms with Crippen LogP contribution in [0, 0.1) is 11.8 Å². The number of fused-ring (bicyclic) bond motifs is 1. The first kappa shape index (κ1) is 44.0. The van der Waals surface area contributed by atoms with Crippen LogP contribution in [0.5, 0.6) is 11.5 Å². The maximum absolute atomic E-state index is 14.0. The van der Waals surface area contributed by atoms with E-state index in [1.54, 1.807) is 18.2 Å². The van der Waals surface area contributed by atoms with Gasteiger partial charge in [0.15, 0.2) is 29.8 Å². The molecule has 3 saturated heterocycles. The number of ether oxygens (including phenoxy) is 10. The van der Waals surface area contributed by atoms with Gasteiger partial charge in [-0.15, -0.1) is 6.58 Å². The van der Waals surface area contributed by atoms with Crippen LogP contribution >= 0.6 is 0 Å². The predicted molar refractivity (Wildman–Crippen MR) is 195 cm³/mol. The summed E-state index contributed by atoms with van der Waals surface area (Å²) in [4.78, 5) is 65.0. The second kappa shape index (κ2) is 19.2. The number of phenols is 1. The minimum atomic E-state index is -1.87. The molecule has 0 aromatic heterocycles. The molecule has 0 spiro atoms. The highest BCUT2D eigenvalue weighted by atomic mass is 16.8. The summed E-state index contributed by atoms with van der Waals surface area (Å²) in [5, 5.41) is 51.6. The van der Waals surface area contributed by atoms with Crippen molar-refractivity contribution >= 4 is 29.8 Å². The van der Waals surface area contributed by atoms with Gasteiger partial charge in [-0.3, -0.25) is 9.59 Å². The van der Waals surface area contributed by atoms with Crippen LogP contribution in [0.2, 0.25) is 0 Å². The monoisotopic (exact) mass is 844 g/mol. The molecule has 2 aromatic carbocycles. The molecule has 0 aliphatic carbocycles. The molecule has 5 N–H and O–H groups in total. The highest BCUT2D eigenvalue weighted by molar-refractivity contribution is 5.93. The second-order valence-corrected chi connectivity index (χ2v) is 14.1. The Labute approximate surface area is 341 Å². The number of hydrogen-bond donors (Lipinski definition) is 5. The SMILES string of the molecule is C=C[C@H]1[C@H](O[C@@H]2O[C@@H](COC(C)=O)[C@@H](OC(=O)c3cccc(O[C@@H]4O[C@H](CO)[C@@H](O)[C@H](O)[C@H]4O)c3O)[C@@H](OC(C)=O)[C@@H]2OC(=O)c2ccccc2)OC=C2C(=O)OCC[C@H]21. The van der Waals surface area contributed by atoms with Crippen molar-refractivity contribution in [1.29, 1.82) is 0 Å². The lowest BCUT2D eigenvalue weighted by Crippen LogP contribution is -2.64. The number of rotatable bonds is 13. The molecule has 6 rings (SSSR count). The molecule has 0 saturated carbocycles. The Hall–Kier alpha value is -5.61. The summed E-state index contributed by atoms with van der Waals surface area (Å²) in [7, 11) is 0. The average molecular weight is 845 g/mol. The zero-order valence-electron chi connectivity index (χ0n) is 32.2. The van der Waals surface area contributed by atoms with Gasteiger partial charge in [0.1, 0.15) is 42.7 Å². The molecular formula is C40H44O20. The normalized spacial score (nSPS) is 32.4. The van der Waals surface area contributed by atoms with Gasteiger partial charge in [0.2, 0.25) is 18.9 Å². The molecule has 13 atom stereocenters. The van der Waals surface area contributed by atoms with E-state index >= 15 is 0 Å². The molecule has 0 unspecified atom stereocenters. The smallest absolute Gasteiger partial charge is 0.342 e. The van der Waals surface area contributed by atoms with Crippen LogP contribution in [0.15, 0.2) is 73.0 Å². The van der Waals surface area contributed by atoms with Gasteiger partial charge < -0.3 is 72.9 Å². The number of aromatic hydroxyl groups is 1. The Morgan fingerprint density at radius 1 is 0.817 bits per heavy atom. The van der Waals surface area contributed by atoms with Crippen LogP contribution in [-0.2, 0) is 57.0 Å². The van der Waals surface area contributed by atoms with Crippen molar-refractivity contribution in [2.24, 2.45) is 11.8 Å². The van der Waals surface area contributed by atoms with Crippen molar-refractivity contribution < 1.29 is 96.9 Å². The lowest BCUT2D eigenvalue weighted by Gasteiger charge is -2.46. The van der Waals surface area contributed by atoms with Gasteiger partial charge in [-0.25, -0.2) is 14.4 Å². The number of aliphatic hydroxyl groups is 4. The van der Waals surface area contributed by atoms with Crippen LogP contribution in [0.1, 0.15) is 41.0 Å². The van der Waals surface area contributed by atoms with Crippen LogP contribution < -0.4 is 4.74 Å². The number of carbonyl (C=O) groups is 5. The van der Waals surface area contributed by atoms with E-state index in [9.17, 15) is 49.5 Å². The third kappa shape index (κ3) is 9.55. The van der Waals surface area contributed by atoms with Crippen LogP contribution in [0.3, 0.4) is 0 Å². The Balaban J connectivity index is 1.34. The summed E-state index contributed by atoms with van der Waals surface area (Å²) in [5.74, 6) is -7.07. The van der Waals surface area contributed by atoms with Crippen LogP contribution in [-0.4, -0.2) is 143 Å². The topological polar surface area (TPSA) is 279 Å². The van der Waals surface area contributed by atoms with E-state index in [-0.39, 0.29) is 17.7 Å². The van der Waals surface area contributed by atoms with E-state index in [4.69, 9.17) is 47.4 Å². The number of aliphatic hydroxyl groups excluding tert-OH is 4. The van der Waals surface area contributed by atoms with Gasteiger partial charge in [0.05, 0.1) is 30.6 Å². The molecule has 60 heavy (non-hydrogen) atoms. The highest BCUT2D eigenvalue weighted by Crippen LogP contribution is 2.40. The number of para-hydroxylation sites is 1. The molecule has 20 heteroatoms. The summed E-state index contributed by atoms with van der Waals surface area (Å²) >= 11 is 0. The number of esters is 5. The van der Waals surface area contributed by atoms with Gasteiger partial charge in [-0.2, -0.15) is 0 Å². The predicted octanol–water partition coefficient (Wildman–Crippen LogP) is 0.164. The Bertz CT molecular complexity index is 1930. The van der Waals surface area contributed by atoms with E-state index in [1.807, 2.05) is 0 Å². The fourth-order valence-electron chi connectivity index (χ4n) is 7.10. The van der Waals surface area contributed by atoms with Crippen molar-refractivity contribution in [2.75, 3.05) is 19.8 Å². The first-order valence-electron chi connectivity index (χ1n) is 18.7. The Kier molecular flexibility index (Phi) is 14.1. The van der Waals surface area contributed by atoms with Gasteiger partial charge in [-0.05, 0) is 30.7 Å². The molecule has 4 heterocycles. The van der Waals surface area contributed by atoms with Crippen LogP contribution in [0.4, 0.5) is 0 Å². The standard InChI is InChI=1S/C40H44O20/c1-4-21-22-13-14-51-36(49)24(22)16-53-38(21)60-40-34(59-35(48)20-9-6-5-7-10-20)33(54-19(3)43)32(27(57-40)17-52-18(2)42)58-37(50)23-11-8-12-25(28(23)44)55-39-31(47)30(46)29(45)26(15-41)56-39/h4-12,16,21-22,26-27,29-34,38-41,44-47H,1,13-15,17H2,2-3H3/t21-,22+,26-,27+,29-,30+,31-,32-,33-,34+,38+,39-,40+/m1/s1. The largest absolute Gasteiger partial charge is 0.504 e. The zero-order chi connectivity index (χ0) is 43.2. The zero-order valence-corrected chi connectivity index (χ0v) is 32.2. The fourth-order valence-corrected chi connectivity index (χ4v) is 7.10. The molecule has 0 bridgehead atoms. The lowest BCUT2D eigenvalue weighted by molar-refractivity contribution is -0.338. The summed E-state index contributed by atoms with van der Waals surface area (Å²) in [6.07, 6.45) is -15.2. The molecule has 3 fully saturated rings. The number of carbonyl (C=O) groups excluding carboxylic acids is 5. The van der Waals surface area contributed by atoms with Gasteiger partial charge >= 0.3 is 29.8 Å². The number of cyclic esters (lactones) is 1. The third-order valence-electron chi connectivity index (χ3n) is 10.1. The summed E-state index contributed by atoms with van der Waals surface area (Å²) in [6.45, 7) is 4.69. The van der Waals surface area contributed by atoms with Gasteiger partial charge in [0.25, 0.3) is 0 Å². The quantitative estimate of drug-likeness (QED) is 0.102. The minimum Gasteiger partial charge on any atom is -0.504 e.